The molecule has 0 aliphatic carbocycles. The van der Waals surface area contributed by atoms with E-state index in [1.54, 1.807) is 12.1 Å². The number of amidine groups is 1. The van der Waals surface area contributed by atoms with E-state index in [0.29, 0.717) is 10.7 Å². The van der Waals surface area contributed by atoms with Crippen LogP contribution in [-0.2, 0) is 4.79 Å². The summed E-state index contributed by atoms with van der Waals surface area (Å²) in [5, 5.41) is 0.488. The van der Waals surface area contributed by atoms with Gasteiger partial charge in [0.15, 0.2) is 11.6 Å². The summed E-state index contributed by atoms with van der Waals surface area (Å²) in [6.45, 7) is 1.44. The Labute approximate surface area is 136 Å². The van der Waals surface area contributed by atoms with Gasteiger partial charge in [0.1, 0.15) is 0 Å². The van der Waals surface area contributed by atoms with Crippen molar-refractivity contribution in [3.63, 3.8) is 0 Å². The lowest BCUT2D eigenvalue weighted by Gasteiger charge is -2.10. The lowest BCUT2D eigenvalue weighted by molar-refractivity contribution is -0.111. The number of carbonyl (C=O) groups is 1. The number of rotatable bonds is 4. The highest BCUT2D eigenvalue weighted by Gasteiger charge is 2.07. The van der Waals surface area contributed by atoms with E-state index in [9.17, 15) is 4.79 Å². The van der Waals surface area contributed by atoms with Crippen molar-refractivity contribution < 1.29 is 4.79 Å². The topological polar surface area (TPSA) is 53.5 Å². The van der Waals surface area contributed by atoms with Crippen LogP contribution in [0.4, 0.5) is 11.4 Å². The molecule has 0 saturated heterocycles. The molecule has 21 heavy (non-hydrogen) atoms. The molecule has 0 radical (unpaired) electrons. The van der Waals surface area contributed by atoms with Gasteiger partial charge in [0.2, 0.25) is 0 Å². The number of para-hydroxylation sites is 1. The molecule has 0 aromatic heterocycles. The Kier molecular flexibility index (Phi) is 5.36. The first kappa shape index (κ1) is 15.5. The first-order valence-corrected chi connectivity index (χ1v) is 7.35. The number of aliphatic imine (C=N–C) groups is 1. The number of carbonyl (C=O) groups excluding carboxylic acids is 1. The molecule has 0 fully saturated rings. The Morgan fingerprint density at radius 1 is 1.14 bits per heavy atom. The zero-order valence-electron chi connectivity index (χ0n) is 11.2. The first-order chi connectivity index (χ1) is 10.1. The van der Waals surface area contributed by atoms with Gasteiger partial charge in [-0.3, -0.25) is 15.6 Å². The average molecular weight is 367 g/mol. The largest absolute Gasteiger partial charge is 0.300 e. The number of nitrogens with one attached hydrogen (secondary N) is 2. The first-order valence-electron chi connectivity index (χ1n) is 6.18. The Morgan fingerprint density at radius 2 is 1.81 bits per heavy atom. The van der Waals surface area contributed by atoms with E-state index in [-0.39, 0.29) is 11.6 Å². The summed E-state index contributed by atoms with van der Waals surface area (Å²) in [7, 11) is 0. The van der Waals surface area contributed by atoms with Crippen LogP contribution in [0.25, 0.3) is 0 Å². The fourth-order valence-corrected chi connectivity index (χ4v) is 1.96. The van der Waals surface area contributed by atoms with Gasteiger partial charge in [-0.1, -0.05) is 39.7 Å². The summed E-state index contributed by atoms with van der Waals surface area (Å²) in [6.07, 6.45) is 0. The van der Waals surface area contributed by atoms with E-state index >= 15 is 0 Å². The zero-order chi connectivity index (χ0) is 15.2. The molecule has 4 nitrogen and oxygen atoms in total. The highest BCUT2D eigenvalue weighted by molar-refractivity contribution is 9.10. The fraction of sp³-hybridized carbons (Fsp3) is 0.0667. The molecule has 2 aromatic rings. The minimum Gasteiger partial charge on any atom is -0.300 e. The third-order valence-electron chi connectivity index (χ3n) is 2.59. The molecule has 2 rings (SSSR count). The second-order valence-corrected chi connectivity index (χ2v) is 5.55. The fourth-order valence-electron chi connectivity index (χ4n) is 1.52. The summed E-state index contributed by atoms with van der Waals surface area (Å²) in [5.74, 6) is -0.00875. The summed E-state index contributed by atoms with van der Waals surface area (Å²) in [6, 6.07) is 14.6. The highest BCUT2D eigenvalue weighted by Crippen LogP contribution is 2.23. The molecule has 0 aliphatic rings. The summed E-state index contributed by atoms with van der Waals surface area (Å²) < 4.78 is 0.976. The van der Waals surface area contributed by atoms with Crippen molar-refractivity contribution >= 4 is 50.5 Å². The van der Waals surface area contributed by atoms with Crippen LogP contribution >= 0.6 is 27.5 Å². The number of anilines is 1. The predicted molar refractivity (Wildman–Crippen MR) is 90.1 cm³/mol. The summed E-state index contributed by atoms with van der Waals surface area (Å²) >= 11 is 9.40. The van der Waals surface area contributed by atoms with Gasteiger partial charge < -0.3 is 0 Å². The minimum atomic E-state index is -0.195. The van der Waals surface area contributed by atoms with Crippen molar-refractivity contribution in [3.05, 3.63) is 58.0 Å². The van der Waals surface area contributed by atoms with Crippen molar-refractivity contribution in [2.45, 2.75) is 6.92 Å². The van der Waals surface area contributed by atoms with Gasteiger partial charge in [0, 0.05) is 11.4 Å². The zero-order valence-corrected chi connectivity index (χ0v) is 13.6. The van der Waals surface area contributed by atoms with Crippen LogP contribution in [0.2, 0.25) is 5.02 Å². The van der Waals surface area contributed by atoms with Crippen LogP contribution in [0.5, 0.6) is 0 Å². The van der Waals surface area contributed by atoms with Crippen LogP contribution in [0.15, 0.2) is 58.0 Å². The highest BCUT2D eigenvalue weighted by atomic mass is 79.9. The molecule has 0 heterocycles. The third-order valence-corrected chi connectivity index (χ3v) is 3.44. The summed E-state index contributed by atoms with van der Waals surface area (Å²) in [5.41, 5.74) is 7.08. The lowest BCUT2D eigenvalue weighted by atomic mass is 10.3. The molecule has 2 N–H and O–H groups in total. The Hall–Kier alpha value is -1.85. The number of benzene rings is 2. The molecular formula is C15H13BrClN3O. The number of hydrogen-bond donors (Lipinski definition) is 2. The van der Waals surface area contributed by atoms with Gasteiger partial charge in [0.25, 0.3) is 0 Å². The van der Waals surface area contributed by atoms with Gasteiger partial charge in [-0.25, -0.2) is 4.99 Å². The van der Waals surface area contributed by atoms with Crippen LogP contribution in [-0.4, -0.2) is 11.6 Å². The van der Waals surface area contributed by atoms with Crippen LogP contribution in [0, 0.1) is 0 Å². The maximum absolute atomic E-state index is 11.7. The molecule has 0 spiro atoms. The maximum atomic E-state index is 11.7. The number of hydrogen-bond acceptors (Lipinski definition) is 3. The Balaban J connectivity index is 2.15. The van der Waals surface area contributed by atoms with E-state index in [1.807, 2.05) is 36.4 Å². The molecule has 0 saturated carbocycles. The minimum absolute atomic E-state index is 0.186. The van der Waals surface area contributed by atoms with Crippen molar-refractivity contribution in [3.8, 4) is 0 Å². The van der Waals surface area contributed by atoms with Gasteiger partial charge in [-0.05, 0) is 36.4 Å². The number of Topliss-reactive ketones (excluding diaryl/α,β-unsaturated/α-hetero) is 1. The van der Waals surface area contributed by atoms with E-state index in [1.165, 1.54) is 6.92 Å². The molecule has 6 heteroatoms. The van der Waals surface area contributed by atoms with Gasteiger partial charge >= 0.3 is 0 Å². The van der Waals surface area contributed by atoms with Crippen LogP contribution < -0.4 is 10.9 Å². The van der Waals surface area contributed by atoms with E-state index in [4.69, 9.17) is 11.6 Å². The molecular weight excluding hydrogens is 354 g/mol. The molecule has 0 bridgehead atoms. The predicted octanol–water partition coefficient (Wildman–Crippen LogP) is 4.34. The van der Waals surface area contributed by atoms with Crippen molar-refractivity contribution in [2.75, 3.05) is 5.43 Å². The van der Waals surface area contributed by atoms with Gasteiger partial charge in [-0.15, -0.1) is 0 Å². The van der Waals surface area contributed by atoms with Crippen molar-refractivity contribution in [1.82, 2.24) is 5.43 Å². The average Bonchev–Trinajstić information content (AvgIpc) is 2.46. The van der Waals surface area contributed by atoms with Crippen LogP contribution in [0.1, 0.15) is 6.92 Å². The SMILES string of the molecule is CC(=O)C(=Nc1ccccc1Cl)NNc1ccc(Br)cc1. The summed E-state index contributed by atoms with van der Waals surface area (Å²) in [4.78, 5) is 15.9. The Bertz CT molecular complexity index is 671. The van der Waals surface area contributed by atoms with Crippen LogP contribution in [0.3, 0.4) is 0 Å². The molecule has 0 aliphatic heterocycles. The molecule has 2 aromatic carbocycles. The van der Waals surface area contributed by atoms with Crippen molar-refractivity contribution in [2.24, 2.45) is 4.99 Å². The van der Waals surface area contributed by atoms with E-state index in [0.717, 1.165) is 10.2 Å². The number of nitrogens with zero attached hydrogens (tertiary/aromatic N) is 1. The molecule has 0 atom stereocenters. The lowest BCUT2D eigenvalue weighted by Crippen LogP contribution is -2.34. The van der Waals surface area contributed by atoms with E-state index < -0.39 is 0 Å². The second kappa shape index (κ2) is 7.24. The number of ketones is 1. The van der Waals surface area contributed by atoms with Crippen molar-refractivity contribution in [1.29, 1.82) is 0 Å². The molecule has 108 valence electrons. The number of hydrazine groups is 1. The standard InChI is InChI=1S/C15H13BrClN3O/c1-10(21)15(18-14-5-3-2-4-13(14)17)20-19-12-8-6-11(16)7-9-12/h2-9,19H,1H3,(H,18,20). The van der Waals surface area contributed by atoms with E-state index in [2.05, 4.69) is 31.8 Å². The number of halogens is 2. The normalized spacial score (nSPS) is 11.1. The Morgan fingerprint density at radius 3 is 2.43 bits per heavy atom. The quantitative estimate of drug-likeness (QED) is 0.481. The third kappa shape index (κ3) is 4.58. The smallest absolute Gasteiger partial charge is 0.196 e. The second-order valence-electron chi connectivity index (χ2n) is 4.22. The monoisotopic (exact) mass is 365 g/mol. The maximum Gasteiger partial charge on any atom is 0.196 e. The molecule has 0 amide bonds. The molecule has 0 unspecified atom stereocenters. The van der Waals surface area contributed by atoms with Gasteiger partial charge in [0.05, 0.1) is 16.4 Å². The van der Waals surface area contributed by atoms with Gasteiger partial charge in [-0.2, -0.15) is 0 Å².